The monoisotopic (exact) mass is 240 g/mol. The Bertz CT molecular complexity index is 565. The summed E-state index contributed by atoms with van der Waals surface area (Å²) in [4.78, 5) is 4.29. The number of nitrogens with zero attached hydrogens (tertiary/aromatic N) is 2. The third-order valence-electron chi connectivity index (χ3n) is 2.22. The minimum Gasteiger partial charge on any atom is -0.237 e. The third kappa shape index (κ3) is 2.93. The molecule has 0 amide bonds. The number of aliphatic imine (C=N–C) groups is 1. The number of halogens is 1. The molecular formula is C14H9ClN2. The molecule has 0 aliphatic heterocycles. The second-order valence-corrected chi connectivity index (χ2v) is 3.85. The molecule has 2 aromatic rings. The van der Waals surface area contributed by atoms with E-state index in [0.717, 1.165) is 11.3 Å². The Kier molecular flexibility index (Phi) is 3.54. The first-order chi connectivity index (χ1) is 8.29. The van der Waals surface area contributed by atoms with Crippen molar-refractivity contribution in [3.8, 4) is 6.07 Å². The van der Waals surface area contributed by atoms with E-state index in [1.807, 2.05) is 30.3 Å². The van der Waals surface area contributed by atoms with Gasteiger partial charge in [0.25, 0.3) is 0 Å². The molecule has 82 valence electrons. The maximum absolute atomic E-state index is 9.10. The van der Waals surface area contributed by atoms with E-state index in [0.29, 0.717) is 10.7 Å². The highest BCUT2D eigenvalue weighted by Crippen LogP contribution is 2.15. The van der Waals surface area contributed by atoms with Crippen LogP contribution in [0.3, 0.4) is 0 Å². The van der Waals surface area contributed by atoms with Crippen LogP contribution in [0.25, 0.3) is 0 Å². The van der Waals surface area contributed by atoms with Crippen molar-refractivity contribution >= 4 is 23.0 Å². The molecule has 0 radical (unpaired) electrons. The topological polar surface area (TPSA) is 36.1 Å². The quantitative estimate of drug-likeness (QED) is 0.732. The summed E-state index contributed by atoms with van der Waals surface area (Å²) in [7, 11) is 0. The summed E-state index contributed by atoms with van der Waals surface area (Å²) >= 11 is 5.80. The summed E-state index contributed by atoms with van der Waals surface area (Å²) in [5, 5.41) is 9.74. The second kappa shape index (κ2) is 5.29. The van der Waals surface area contributed by atoms with Crippen molar-refractivity contribution in [2.45, 2.75) is 0 Å². The van der Waals surface area contributed by atoms with Crippen LogP contribution in [0.5, 0.6) is 0 Å². The maximum Gasteiger partial charge on any atom is 0.148 e. The largest absolute Gasteiger partial charge is 0.237 e. The van der Waals surface area contributed by atoms with Crippen LogP contribution >= 0.6 is 11.6 Å². The van der Waals surface area contributed by atoms with Gasteiger partial charge >= 0.3 is 0 Å². The van der Waals surface area contributed by atoms with Crippen molar-refractivity contribution in [2.75, 3.05) is 0 Å². The van der Waals surface area contributed by atoms with E-state index in [2.05, 4.69) is 11.1 Å². The highest BCUT2D eigenvalue weighted by Gasteiger charge is 2.02. The molecule has 0 saturated carbocycles. The first-order valence-corrected chi connectivity index (χ1v) is 5.47. The molecule has 0 bridgehead atoms. The van der Waals surface area contributed by atoms with Gasteiger partial charge in [0.05, 0.1) is 5.69 Å². The number of hydrogen-bond donors (Lipinski definition) is 0. The van der Waals surface area contributed by atoms with Crippen LogP contribution in [0, 0.1) is 11.3 Å². The van der Waals surface area contributed by atoms with E-state index < -0.39 is 0 Å². The molecule has 2 aromatic carbocycles. The van der Waals surface area contributed by atoms with Crippen LogP contribution in [0.2, 0.25) is 5.02 Å². The molecule has 0 unspecified atom stereocenters. The van der Waals surface area contributed by atoms with Gasteiger partial charge in [0.1, 0.15) is 11.8 Å². The molecule has 17 heavy (non-hydrogen) atoms. The zero-order valence-electron chi connectivity index (χ0n) is 8.97. The fourth-order valence-electron chi connectivity index (χ4n) is 1.39. The molecule has 0 atom stereocenters. The first-order valence-electron chi connectivity index (χ1n) is 5.09. The predicted octanol–water partition coefficient (Wildman–Crippen LogP) is 3.98. The van der Waals surface area contributed by atoms with E-state index in [1.54, 1.807) is 24.3 Å². The molecule has 0 aliphatic rings. The van der Waals surface area contributed by atoms with Gasteiger partial charge in [0.2, 0.25) is 0 Å². The fourth-order valence-corrected chi connectivity index (χ4v) is 1.52. The molecule has 0 fully saturated rings. The smallest absolute Gasteiger partial charge is 0.148 e. The molecule has 2 nitrogen and oxygen atoms in total. The molecule has 0 aromatic heterocycles. The third-order valence-corrected chi connectivity index (χ3v) is 2.47. The summed E-state index contributed by atoms with van der Waals surface area (Å²) in [6.07, 6.45) is 0. The minimum atomic E-state index is 0.382. The average Bonchev–Trinajstić information content (AvgIpc) is 2.38. The lowest BCUT2D eigenvalue weighted by Crippen LogP contribution is -1.95. The van der Waals surface area contributed by atoms with Crippen molar-refractivity contribution < 1.29 is 0 Å². The second-order valence-electron chi connectivity index (χ2n) is 3.41. The lowest BCUT2D eigenvalue weighted by molar-refractivity contribution is 1.48. The van der Waals surface area contributed by atoms with Gasteiger partial charge in [-0.05, 0) is 24.3 Å². The Morgan fingerprint density at radius 1 is 1.00 bits per heavy atom. The van der Waals surface area contributed by atoms with Gasteiger partial charge in [0, 0.05) is 10.6 Å². The van der Waals surface area contributed by atoms with Crippen molar-refractivity contribution in [2.24, 2.45) is 4.99 Å². The molecule has 0 heterocycles. The number of hydrogen-bond acceptors (Lipinski definition) is 2. The van der Waals surface area contributed by atoms with Crippen LogP contribution in [-0.2, 0) is 0 Å². The van der Waals surface area contributed by atoms with Crippen molar-refractivity contribution in [3.05, 3.63) is 65.2 Å². The van der Waals surface area contributed by atoms with Crippen LogP contribution in [-0.4, -0.2) is 5.71 Å². The Hall–Kier alpha value is -2.11. The maximum atomic E-state index is 9.10. The molecule has 0 saturated heterocycles. The summed E-state index contributed by atoms with van der Waals surface area (Å²) in [6.45, 7) is 0. The molecule has 0 N–H and O–H groups in total. The summed E-state index contributed by atoms with van der Waals surface area (Å²) in [5.74, 6) is 0. The Morgan fingerprint density at radius 3 is 2.24 bits per heavy atom. The molecule has 2 rings (SSSR count). The summed E-state index contributed by atoms with van der Waals surface area (Å²) in [6, 6.07) is 18.5. The molecule has 0 spiro atoms. The predicted molar refractivity (Wildman–Crippen MR) is 69.7 cm³/mol. The standard InChI is InChI=1S/C14H9ClN2/c15-12-8-6-11(7-9-12)14(10-16)17-13-4-2-1-3-5-13/h1-9H. The average molecular weight is 241 g/mol. The highest BCUT2D eigenvalue weighted by atomic mass is 35.5. The van der Waals surface area contributed by atoms with E-state index in [4.69, 9.17) is 16.9 Å². The van der Waals surface area contributed by atoms with Crippen LogP contribution < -0.4 is 0 Å². The van der Waals surface area contributed by atoms with Gasteiger partial charge in [-0.3, -0.25) is 0 Å². The summed E-state index contributed by atoms with van der Waals surface area (Å²) < 4.78 is 0. The van der Waals surface area contributed by atoms with Crippen LogP contribution in [0.1, 0.15) is 5.56 Å². The molecule has 3 heteroatoms. The van der Waals surface area contributed by atoms with E-state index in [-0.39, 0.29) is 0 Å². The lowest BCUT2D eigenvalue weighted by Gasteiger charge is -1.99. The Balaban J connectivity index is 2.38. The number of nitriles is 1. The number of benzene rings is 2. The van der Waals surface area contributed by atoms with E-state index >= 15 is 0 Å². The van der Waals surface area contributed by atoms with Gasteiger partial charge in [-0.2, -0.15) is 5.26 Å². The van der Waals surface area contributed by atoms with Crippen molar-refractivity contribution in [1.82, 2.24) is 0 Å². The molecular weight excluding hydrogens is 232 g/mol. The van der Waals surface area contributed by atoms with Gasteiger partial charge in [-0.15, -0.1) is 0 Å². The normalized spacial score (nSPS) is 10.9. The SMILES string of the molecule is N#CC(=Nc1ccccc1)c1ccc(Cl)cc1. The zero-order valence-corrected chi connectivity index (χ0v) is 9.72. The Morgan fingerprint density at radius 2 is 1.65 bits per heavy atom. The summed E-state index contributed by atoms with van der Waals surface area (Å²) in [5.41, 5.74) is 1.91. The molecule has 0 aliphatic carbocycles. The van der Waals surface area contributed by atoms with Crippen LogP contribution in [0.15, 0.2) is 59.6 Å². The fraction of sp³-hybridized carbons (Fsp3) is 0. The van der Waals surface area contributed by atoms with Crippen molar-refractivity contribution in [3.63, 3.8) is 0 Å². The van der Waals surface area contributed by atoms with Gasteiger partial charge < -0.3 is 0 Å². The van der Waals surface area contributed by atoms with Gasteiger partial charge in [-0.1, -0.05) is 41.9 Å². The first kappa shape index (κ1) is 11.4. The van der Waals surface area contributed by atoms with Crippen LogP contribution in [0.4, 0.5) is 5.69 Å². The number of para-hydroxylation sites is 1. The van der Waals surface area contributed by atoms with Gasteiger partial charge in [-0.25, -0.2) is 4.99 Å². The lowest BCUT2D eigenvalue weighted by atomic mass is 10.1. The Labute approximate surface area is 105 Å². The number of rotatable bonds is 2. The van der Waals surface area contributed by atoms with Gasteiger partial charge in [0.15, 0.2) is 0 Å². The highest BCUT2D eigenvalue weighted by molar-refractivity contribution is 6.30. The zero-order chi connectivity index (χ0) is 12.1. The van der Waals surface area contributed by atoms with E-state index in [9.17, 15) is 0 Å². The van der Waals surface area contributed by atoms with Crippen molar-refractivity contribution in [1.29, 1.82) is 5.26 Å². The van der Waals surface area contributed by atoms with E-state index in [1.165, 1.54) is 0 Å². The minimum absolute atomic E-state index is 0.382.